The lowest BCUT2D eigenvalue weighted by Crippen LogP contribution is -2.25. The van der Waals surface area contributed by atoms with E-state index in [1.807, 2.05) is 6.92 Å². The average Bonchev–Trinajstić information content (AvgIpc) is 2.86. The van der Waals surface area contributed by atoms with Crippen molar-refractivity contribution in [3.63, 3.8) is 0 Å². The average molecular weight is 354 g/mol. The largest absolute Gasteiger partial charge is 0.494 e. The number of rotatable bonds is 8. The first-order valence-electron chi connectivity index (χ1n) is 7.43. The van der Waals surface area contributed by atoms with Gasteiger partial charge in [0, 0.05) is 18.5 Å². The highest BCUT2D eigenvalue weighted by Crippen LogP contribution is 2.23. The molecule has 2 rings (SSSR count). The summed E-state index contributed by atoms with van der Waals surface area (Å²) in [6.07, 6.45) is 1.48. The van der Waals surface area contributed by atoms with Gasteiger partial charge in [0.05, 0.1) is 17.3 Å². The second kappa shape index (κ2) is 8.86. The van der Waals surface area contributed by atoms with Gasteiger partial charge in [-0.05, 0) is 44.2 Å². The number of aryl methyl sites for hydroxylation is 1. The number of hydrogen-bond acceptors (Lipinski definition) is 5. The number of benzene rings is 1. The van der Waals surface area contributed by atoms with Gasteiger partial charge in [0.25, 0.3) is 5.91 Å². The summed E-state index contributed by atoms with van der Waals surface area (Å²) in [4.78, 5) is 16.4. The summed E-state index contributed by atoms with van der Waals surface area (Å²) in [7, 11) is 0. The molecule has 0 aliphatic heterocycles. The van der Waals surface area contributed by atoms with E-state index < -0.39 is 0 Å². The maximum atomic E-state index is 12.1. The number of hydrogen-bond donors (Lipinski definition) is 2. The molecule has 0 unspecified atom stereocenters. The first kappa shape index (κ1) is 17.7. The SMILES string of the molecule is Cc1nc(CCNC(=O)c2ccc(OCCCN)cc2)sc1Cl. The molecule has 0 atom stereocenters. The van der Waals surface area contributed by atoms with Gasteiger partial charge in [-0.25, -0.2) is 4.98 Å². The number of thiazole rings is 1. The number of nitrogens with one attached hydrogen (secondary N) is 1. The zero-order chi connectivity index (χ0) is 16.7. The summed E-state index contributed by atoms with van der Waals surface area (Å²) in [6, 6.07) is 7.07. The lowest BCUT2D eigenvalue weighted by molar-refractivity contribution is 0.0954. The minimum absolute atomic E-state index is 0.113. The number of amides is 1. The Morgan fingerprint density at radius 3 is 2.74 bits per heavy atom. The predicted octanol–water partition coefficient (Wildman–Crippen LogP) is 2.81. The Morgan fingerprint density at radius 2 is 2.13 bits per heavy atom. The maximum Gasteiger partial charge on any atom is 0.251 e. The molecule has 0 saturated carbocycles. The van der Waals surface area contributed by atoms with E-state index in [9.17, 15) is 4.79 Å². The van der Waals surface area contributed by atoms with Crippen LogP contribution in [0.3, 0.4) is 0 Å². The number of ether oxygens (including phenoxy) is 1. The molecule has 1 aromatic heterocycles. The van der Waals surface area contributed by atoms with Crippen LogP contribution < -0.4 is 15.8 Å². The van der Waals surface area contributed by atoms with Crippen molar-refractivity contribution in [1.29, 1.82) is 0 Å². The summed E-state index contributed by atoms with van der Waals surface area (Å²) in [5.74, 6) is 0.626. The first-order valence-corrected chi connectivity index (χ1v) is 8.62. The molecule has 0 radical (unpaired) electrons. The highest BCUT2D eigenvalue weighted by molar-refractivity contribution is 7.16. The molecular weight excluding hydrogens is 334 g/mol. The van der Waals surface area contributed by atoms with Crippen LogP contribution in [0, 0.1) is 6.92 Å². The quantitative estimate of drug-likeness (QED) is 0.715. The smallest absolute Gasteiger partial charge is 0.251 e. The number of carbonyl (C=O) groups excluding carboxylic acids is 1. The first-order chi connectivity index (χ1) is 11.1. The van der Waals surface area contributed by atoms with E-state index >= 15 is 0 Å². The summed E-state index contributed by atoms with van der Waals surface area (Å²) < 4.78 is 6.21. The Balaban J connectivity index is 1.78. The molecule has 0 fully saturated rings. The molecule has 124 valence electrons. The lowest BCUT2D eigenvalue weighted by Gasteiger charge is -2.07. The van der Waals surface area contributed by atoms with Crippen LogP contribution in [-0.2, 0) is 6.42 Å². The number of carbonyl (C=O) groups is 1. The van der Waals surface area contributed by atoms with Crippen LogP contribution >= 0.6 is 22.9 Å². The number of nitrogens with two attached hydrogens (primary N) is 1. The van der Waals surface area contributed by atoms with Crippen LogP contribution in [0.4, 0.5) is 0 Å². The van der Waals surface area contributed by atoms with E-state index in [4.69, 9.17) is 22.1 Å². The minimum atomic E-state index is -0.113. The van der Waals surface area contributed by atoms with Crippen molar-refractivity contribution < 1.29 is 9.53 Å². The van der Waals surface area contributed by atoms with E-state index in [1.165, 1.54) is 11.3 Å². The molecule has 0 bridgehead atoms. The van der Waals surface area contributed by atoms with E-state index in [2.05, 4.69) is 10.3 Å². The van der Waals surface area contributed by atoms with Gasteiger partial charge in [-0.2, -0.15) is 0 Å². The molecule has 7 heteroatoms. The van der Waals surface area contributed by atoms with Crippen molar-refractivity contribution in [2.75, 3.05) is 19.7 Å². The van der Waals surface area contributed by atoms with Gasteiger partial charge in [-0.3, -0.25) is 4.79 Å². The fraction of sp³-hybridized carbons (Fsp3) is 0.375. The fourth-order valence-corrected chi connectivity index (χ4v) is 3.00. The summed E-state index contributed by atoms with van der Waals surface area (Å²) in [5, 5.41) is 3.80. The molecule has 0 aliphatic rings. The maximum absolute atomic E-state index is 12.1. The van der Waals surface area contributed by atoms with Crippen molar-refractivity contribution in [2.24, 2.45) is 5.73 Å². The molecule has 3 N–H and O–H groups in total. The highest BCUT2D eigenvalue weighted by atomic mass is 35.5. The van der Waals surface area contributed by atoms with Gasteiger partial charge in [-0.1, -0.05) is 11.6 Å². The Bertz CT molecular complexity index is 624. The number of nitrogens with zero attached hydrogens (tertiary/aromatic N) is 1. The molecule has 2 aromatic rings. The van der Waals surface area contributed by atoms with Crippen LogP contribution in [-0.4, -0.2) is 30.6 Å². The monoisotopic (exact) mass is 353 g/mol. The van der Waals surface area contributed by atoms with E-state index in [-0.39, 0.29) is 5.91 Å². The second-order valence-electron chi connectivity index (χ2n) is 4.99. The Labute approximate surface area is 144 Å². The highest BCUT2D eigenvalue weighted by Gasteiger charge is 2.08. The van der Waals surface area contributed by atoms with Crippen molar-refractivity contribution in [1.82, 2.24) is 10.3 Å². The van der Waals surface area contributed by atoms with Crippen LogP contribution in [0.15, 0.2) is 24.3 Å². The molecule has 0 aliphatic carbocycles. The molecular formula is C16H20ClN3O2S. The molecule has 1 aromatic carbocycles. The zero-order valence-electron chi connectivity index (χ0n) is 13.0. The molecule has 5 nitrogen and oxygen atoms in total. The zero-order valence-corrected chi connectivity index (χ0v) is 14.5. The Hall–Kier alpha value is -1.63. The van der Waals surface area contributed by atoms with Crippen LogP contribution in [0.25, 0.3) is 0 Å². The third kappa shape index (κ3) is 5.49. The minimum Gasteiger partial charge on any atom is -0.494 e. The molecule has 23 heavy (non-hydrogen) atoms. The molecule has 0 spiro atoms. The van der Waals surface area contributed by atoms with Crippen LogP contribution in [0.5, 0.6) is 5.75 Å². The molecule has 0 saturated heterocycles. The van der Waals surface area contributed by atoms with Crippen LogP contribution in [0.2, 0.25) is 4.34 Å². The van der Waals surface area contributed by atoms with E-state index in [0.29, 0.717) is 36.0 Å². The standard InChI is InChI=1S/C16H20ClN3O2S/c1-11-15(17)23-14(20-11)7-9-19-16(21)12-3-5-13(6-4-12)22-10-2-8-18/h3-6H,2,7-10,18H2,1H3,(H,19,21). The lowest BCUT2D eigenvalue weighted by atomic mass is 10.2. The van der Waals surface area contributed by atoms with Gasteiger partial charge in [0.1, 0.15) is 10.1 Å². The third-order valence-electron chi connectivity index (χ3n) is 3.14. The van der Waals surface area contributed by atoms with Crippen molar-refractivity contribution >= 4 is 28.8 Å². The van der Waals surface area contributed by atoms with Gasteiger partial charge in [0.15, 0.2) is 0 Å². The van der Waals surface area contributed by atoms with Gasteiger partial charge >= 0.3 is 0 Å². The van der Waals surface area contributed by atoms with Crippen LogP contribution in [0.1, 0.15) is 27.5 Å². The Morgan fingerprint density at radius 1 is 1.39 bits per heavy atom. The second-order valence-corrected chi connectivity index (χ2v) is 6.67. The molecule has 1 amide bonds. The molecule has 1 heterocycles. The number of aromatic nitrogens is 1. The normalized spacial score (nSPS) is 10.6. The van der Waals surface area contributed by atoms with Gasteiger partial charge in [0.2, 0.25) is 0 Å². The summed E-state index contributed by atoms with van der Waals surface area (Å²) in [5.41, 5.74) is 6.85. The van der Waals surface area contributed by atoms with Crippen molar-refractivity contribution in [3.05, 3.63) is 44.9 Å². The van der Waals surface area contributed by atoms with Gasteiger partial charge < -0.3 is 15.8 Å². The van der Waals surface area contributed by atoms with E-state index in [1.54, 1.807) is 24.3 Å². The predicted molar refractivity (Wildman–Crippen MR) is 93.5 cm³/mol. The fourth-order valence-electron chi connectivity index (χ4n) is 1.90. The van der Waals surface area contributed by atoms with Gasteiger partial charge in [-0.15, -0.1) is 11.3 Å². The summed E-state index contributed by atoms with van der Waals surface area (Å²) >= 11 is 7.43. The third-order valence-corrected chi connectivity index (χ3v) is 4.65. The Kier molecular flexibility index (Phi) is 6.83. The number of halogens is 1. The van der Waals surface area contributed by atoms with Crippen molar-refractivity contribution in [2.45, 2.75) is 19.8 Å². The van der Waals surface area contributed by atoms with Crippen molar-refractivity contribution in [3.8, 4) is 5.75 Å². The summed E-state index contributed by atoms with van der Waals surface area (Å²) in [6.45, 7) is 3.58. The topological polar surface area (TPSA) is 77.2 Å². The van der Waals surface area contributed by atoms with E-state index in [0.717, 1.165) is 22.9 Å².